The molecule has 0 atom stereocenters. The first-order valence-corrected chi connectivity index (χ1v) is 10.3. The van der Waals surface area contributed by atoms with Crippen LogP contribution in [0.4, 0.5) is 4.79 Å². The molecule has 2 heterocycles. The molecule has 0 fully saturated rings. The Hall–Kier alpha value is -2.80. The van der Waals surface area contributed by atoms with Gasteiger partial charge in [-0.3, -0.25) is 0 Å². The zero-order valence-corrected chi connectivity index (χ0v) is 18.7. The lowest BCUT2D eigenvalue weighted by Crippen LogP contribution is -2.34. The van der Waals surface area contributed by atoms with Crippen LogP contribution in [0.2, 0.25) is 0 Å². The van der Waals surface area contributed by atoms with Crippen molar-refractivity contribution in [3.8, 4) is 11.6 Å². The number of pyridine rings is 1. The number of nitrogens with zero attached hydrogens (tertiary/aromatic N) is 3. The second-order valence-electron chi connectivity index (χ2n) is 7.98. The molecule has 0 spiro atoms. The van der Waals surface area contributed by atoms with Crippen molar-refractivity contribution in [1.82, 2.24) is 19.9 Å². The Bertz CT molecular complexity index is 1040. The summed E-state index contributed by atoms with van der Waals surface area (Å²) in [6.45, 7) is 10.3. The van der Waals surface area contributed by atoms with Gasteiger partial charge in [-0.2, -0.15) is 0 Å². The first kappa shape index (κ1) is 21.9. The van der Waals surface area contributed by atoms with Crippen LogP contribution in [0, 0.1) is 13.8 Å². The summed E-state index contributed by atoms with van der Waals surface area (Å²) in [5, 5.41) is 2.78. The van der Waals surface area contributed by atoms with Gasteiger partial charge >= 0.3 is 6.09 Å². The molecule has 3 rings (SSSR count). The number of carbonyl (C=O) groups excluding carboxylic acids is 1. The van der Waals surface area contributed by atoms with Gasteiger partial charge in [0.2, 0.25) is 5.88 Å². The highest BCUT2D eigenvalue weighted by atomic mass is 35.5. The van der Waals surface area contributed by atoms with E-state index in [2.05, 4.69) is 15.3 Å². The summed E-state index contributed by atoms with van der Waals surface area (Å²) in [4.78, 5) is 21.3. The minimum atomic E-state index is -0.546. The van der Waals surface area contributed by atoms with Gasteiger partial charge in [-0.25, -0.2) is 14.8 Å². The fourth-order valence-corrected chi connectivity index (χ4v) is 3.29. The van der Waals surface area contributed by atoms with E-state index in [-0.39, 0.29) is 5.88 Å². The third kappa shape index (κ3) is 5.02. The molecule has 7 nitrogen and oxygen atoms in total. The Labute approximate surface area is 181 Å². The Balaban J connectivity index is 1.91. The number of nitrogens with one attached hydrogen (secondary N) is 1. The number of fused-ring (bicyclic) bond motifs is 1. The maximum atomic E-state index is 12.0. The topological polar surface area (TPSA) is 78.3 Å². The van der Waals surface area contributed by atoms with Crippen molar-refractivity contribution in [3.05, 3.63) is 47.4 Å². The Morgan fingerprint density at radius 1 is 1.17 bits per heavy atom. The van der Waals surface area contributed by atoms with Crippen LogP contribution in [-0.2, 0) is 17.2 Å². The van der Waals surface area contributed by atoms with E-state index in [4.69, 9.17) is 21.1 Å². The molecule has 0 radical (unpaired) electrons. The highest BCUT2D eigenvalue weighted by Crippen LogP contribution is 2.32. The molecule has 0 saturated carbocycles. The maximum Gasteiger partial charge on any atom is 0.407 e. The summed E-state index contributed by atoms with van der Waals surface area (Å²) in [6.07, 6.45) is -0.456. The van der Waals surface area contributed by atoms with Gasteiger partial charge < -0.3 is 19.4 Å². The SMILES string of the molecule is Cc1nc(Oc2ccccc2)c2nc(CCl)n(CCNC(=O)OC(C)(C)C)c2c1C. The molecule has 0 aliphatic rings. The van der Waals surface area contributed by atoms with Gasteiger partial charge in [0.25, 0.3) is 0 Å². The quantitative estimate of drug-likeness (QED) is 0.550. The number of hydrogen-bond donors (Lipinski definition) is 1. The average molecular weight is 431 g/mol. The van der Waals surface area contributed by atoms with Gasteiger partial charge in [0.15, 0.2) is 5.52 Å². The Kier molecular flexibility index (Phi) is 6.51. The molecule has 0 unspecified atom stereocenters. The summed E-state index contributed by atoms with van der Waals surface area (Å²) >= 11 is 6.18. The number of para-hydroxylation sites is 1. The fraction of sp³-hybridized carbons (Fsp3) is 0.409. The van der Waals surface area contributed by atoms with Crippen molar-refractivity contribution in [2.45, 2.75) is 52.6 Å². The molecular formula is C22H27ClN4O3. The number of imidazole rings is 1. The van der Waals surface area contributed by atoms with E-state index >= 15 is 0 Å². The van der Waals surface area contributed by atoms with Gasteiger partial charge in [0.05, 0.1) is 11.4 Å². The zero-order valence-electron chi connectivity index (χ0n) is 18.0. The first-order chi connectivity index (χ1) is 14.2. The van der Waals surface area contributed by atoms with E-state index in [0.717, 1.165) is 16.8 Å². The van der Waals surface area contributed by atoms with E-state index in [1.807, 2.05) is 69.5 Å². The van der Waals surface area contributed by atoms with Crippen molar-refractivity contribution in [2.24, 2.45) is 0 Å². The number of hydrogen-bond acceptors (Lipinski definition) is 5. The number of benzene rings is 1. The largest absolute Gasteiger partial charge is 0.444 e. The van der Waals surface area contributed by atoms with Gasteiger partial charge in [-0.05, 0) is 52.3 Å². The predicted octanol–water partition coefficient (Wildman–Crippen LogP) is 5.10. The third-order valence-electron chi connectivity index (χ3n) is 4.50. The molecular weight excluding hydrogens is 404 g/mol. The smallest absolute Gasteiger partial charge is 0.407 e. The molecule has 1 amide bonds. The second-order valence-corrected chi connectivity index (χ2v) is 8.25. The van der Waals surface area contributed by atoms with Gasteiger partial charge in [-0.15, -0.1) is 11.6 Å². The zero-order chi connectivity index (χ0) is 21.9. The van der Waals surface area contributed by atoms with E-state index in [9.17, 15) is 4.79 Å². The van der Waals surface area contributed by atoms with Crippen molar-refractivity contribution in [2.75, 3.05) is 6.54 Å². The van der Waals surface area contributed by atoms with Crippen LogP contribution in [0.25, 0.3) is 11.0 Å². The number of aromatic nitrogens is 3. The lowest BCUT2D eigenvalue weighted by Gasteiger charge is -2.20. The Morgan fingerprint density at radius 2 is 1.87 bits per heavy atom. The molecule has 1 N–H and O–H groups in total. The molecule has 2 aromatic heterocycles. The molecule has 30 heavy (non-hydrogen) atoms. The van der Waals surface area contributed by atoms with Gasteiger partial charge in [0.1, 0.15) is 17.2 Å². The third-order valence-corrected chi connectivity index (χ3v) is 4.74. The van der Waals surface area contributed by atoms with Crippen LogP contribution >= 0.6 is 11.6 Å². The van der Waals surface area contributed by atoms with E-state index in [1.165, 1.54) is 0 Å². The first-order valence-electron chi connectivity index (χ1n) is 9.81. The fourth-order valence-electron chi connectivity index (χ4n) is 3.09. The van der Waals surface area contributed by atoms with Crippen molar-refractivity contribution >= 4 is 28.7 Å². The van der Waals surface area contributed by atoms with Crippen molar-refractivity contribution < 1.29 is 14.3 Å². The van der Waals surface area contributed by atoms with E-state index in [1.54, 1.807) is 0 Å². The molecule has 160 valence electrons. The van der Waals surface area contributed by atoms with Crippen LogP contribution in [-0.4, -0.2) is 32.8 Å². The van der Waals surface area contributed by atoms with Crippen LogP contribution in [0.5, 0.6) is 11.6 Å². The van der Waals surface area contributed by atoms with Crippen LogP contribution in [0.1, 0.15) is 37.9 Å². The van der Waals surface area contributed by atoms with E-state index in [0.29, 0.717) is 36.1 Å². The molecule has 1 aromatic carbocycles. The molecule has 3 aromatic rings. The van der Waals surface area contributed by atoms with Crippen LogP contribution in [0.15, 0.2) is 30.3 Å². The van der Waals surface area contributed by atoms with Gasteiger partial charge in [0, 0.05) is 18.8 Å². The number of rotatable bonds is 6. The summed E-state index contributed by atoms with van der Waals surface area (Å²) in [6, 6.07) is 9.46. The maximum absolute atomic E-state index is 12.0. The number of carbonyl (C=O) groups is 1. The summed E-state index contributed by atoms with van der Waals surface area (Å²) in [7, 11) is 0. The highest BCUT2D eigenvalue weighted by molar-refractivity contribution is 6.17. The predicted molar refractivity (Wildman–Crippen MR) is 117 cm³/mol. The van der Waals surface area contributed by atoms with Gasteiger partial charge in [-0.1, -0.05) is 18.2 Å². The summed E-state index contributed by atoms with van der Waals surface area (Å²) in [5.74, 6) is 2.03. The minimum Gasteiger partial charge on any atom is -0.444 e. The van der Waals surface area contributed by atoms with Crippen LogP contribution < -0.4 is 10.1 Å². The minimum absolute atomic E-state index is 0.227. The monoisotopic (exact) mass is 430 g/mol. The second kappa shape index (κ2) is 8.92. The molecule has 0 saturated heterocycles. The molecule has 8 heteroatoms. The lowest BCUT2D eigenvalue weighted by atomic mass is 10.2. The molecule has 0 aliphatic carbocycles. The van der Waals surface area contributed by atoms with E-state index < -0.39 is 11.7 Å². The normalized spacial score (nSPS) is 11.5. The number of alkyl carbamates (subject to hydrolysis) is 1. The van der Waals surface area contributed by atoms with Crippen molar-refractivity contribution in [1.29, 1.82) is 0 Å². The summed E-state index contributed by atoms with van der Waals surface area (Å²) in [5.41, 5.74) is 2.84. The van der Waals surface area contributed by atoms with Crippen molar-refractivity contribution in [3.63, 3.8) is 0 Å². The standard InChI is InChI=1S/C22H27ClN4O3/c1-14-15(2)25-20(29-16-9-7-6-8-10-16)18-19(14)27(17(13-23)26-18)12-11-24-21(28)30-22(3,4)5/h6-10H,11-13H2,1-5H3,(H,24,28). The highest BCUT2D eigenvalue weighted by Gasteiger charge is 2.20. The lowest BCUT2D eigenvalue weighted by molar-refractivity contribution is 0.0526. The number of halogens is 1. The number of amides is 1. The number of alkyl halides is 1. The number of aryl methyl sites for hydroxylation is 2. The number of ether oxygens (including phenoxy) is 2. The Morgan fingerprint density at radius 3 is 2.50 bits per heavy atom. The molecule has 0 aliphatic heterocycles. The molecule has 0 bridgehead atoms. The van der Waals surface area contributed by atoms with Crippen LogP contribution in [0.3, 0.4) is 0 Å². The average Bonchev–Trinajstić information content (AvgIpc) is 3.04. The summed E-state index contributed by atoms with van der Waals surface area (Å²) < 4.78 is 13.3.